The second-order valence-corrected chi connectivity index (χ2v) is 5.29. The Morgan fingerprint density at radius 1 is 1.47 bits per heavy atom. The van der Waals surface area contributed by atoms with E-state index < -0.39 is 0 Å². The highest BCUT2D eigenvalue weighted by Crippen LogP contribution is 2.64. The molecule has 2 fully saturated rings. The molecule has 2 aliphatic carbocycles. The second kappa shape index (κ2) is 3.10. The average Bonchev–Trinajstić information content (AvgIpc) is 3.20. The Morgan fingerprint density at radius 2 is 2.12 bits per heavy atom. The van der Waals surface area contributed by atoms with Gasteiger partial charge in [0.25, 0.3) is 0 Å². The summed E-state index contributed by atoms with van der Waals surface area (Å²) in [7, 11) is 3.21. The molecule has 1 aromatic heterocycles. The fourth-order valence-electron chi connectivity index (χ4n) is 2.86. The van der Waals surface area contributed by atoms with Crippen LogP contribution in [0, 0.1) is 0 Å². The molecule has 0 aliphatic heterocycles. The normalized spacial score (nSPS) is 23.2. The van der Waals surface area contributed by atoms with Crippen LogP contribution in [0.25, 0.3) is 0 Å². The predicted octanol–water partition coefficient (Wildman–Crippen LogP) is 0.730. The SMILES string of the molecule is COC(=O)c1nn(C)cc1C1(C2(N)CC2)CC1. The standard InChI is InChI=1S/C12H17N3O2/c1-15-7-8(9(14-15)10(16)17-2)11(3-4-11)12(13)5-6-12/h7H,3-6,13H2,1-2H3. The van der Waals surface area contributed by atoms with E-state index in [9.17, 15) is 4.79 Å². The minimum atomic E-state index is -0.365. The van der Waals surface area contributed by atoms with Crippen LogP contribution in [0.15, 0.2) is 6.20 Å². The lowest BCUT2D eigenvalue weighted by Gasteiger charge is -2.22. The number of carbonyl (C=O) groups is 1. The van der Waals surface area contributed by atoms with Crippen LogP contribution < -0.4 is 5.73 Å². The van der Waals surface area contributed by atoms with Gasteiger partial charge in [0.05, 0.1) is 7.11 Å². The van der Waals surface area contributed by atoms with Crippen molar-refractivity contribution < 1.29 is 9.53 Å². The number of nitrogens with zero attached hydrogens (tertiary/aromatic N) is 2. The third kappa shape index (κ3) is 1.35. The smallest absolute Gasteiger partial charge is 0.358 e. The van der Waals surface area contributed by atoms with Crippen molar-refractivity contribution in [1.29, 1.82) is 0 Å². The van der Waals surface area contributed by atoms with E-state index in [2.05, 4.69) is 5.10 Å². The van der Waals surface area contributed by atoms with Crippen LogP contribution in [0.3, 0.4) is 0 Å². The predicted molar refractivity (Wildman–Crippen MR) is 61.6 cm³/mol. The van der Waals surface area contributed by atoms with Crippen LogP contribution in [-0.2, 0) is 17.2 Å². The Morgan fingerprint density at radius 3 is 2.59 bits per heavy atom. The number of nitrogens with two attached hydrogens (primary N) is 1. The van der Waals surface area contributed by atoms with Gasteiger partial charge in [-0.15, -0.1) is 0 Å². The van der Waals surface area contributed by atoms with Gasteiger partial charge in [-0.3, -0.25) is 4.68 Å². The Bertz CT molecular complexity index is 484. The Hall–Kier alpha value is -1.36. The molecule has 0 aromatic carbocycles. The van der Waals surface area contributed by atoms with Crippen molar-refractivity contribution in [3.8, 4) is 0 Å². The van der Waals surface area contributed by atoms with E-state index in [1.165, 1.54) is 7.11 Å². The van der Waals surface area contributed by atoms with Crippen LogP contribution in [-0.4, -0.2) is 28.4 Å². The van der Waals surface area contributed by atoms with Crippen LogP contribution in [0.5, 0.6) is 0 Å². The number of aryl methyl sites for hydroxylation is 1. The van der Waals surface area contributed by atoms with E-state index in [0.29, 0.717) is 5.69 Å². The van der Waals surface area contributed by atoms with Crippen molar-refractivity contribution >= 4 is 5.97 Å². The lowest BCUT2D eigenvalue weighted by Crippen LogP contribution is -2.38. The number of carbonyl (C=O) groups excluding carboxylic acids is 1. The molecule has 0 radical (unpaired) electrons. The summed E-state index contributed by atoms with van der Waals surface area (Å²) in [4.78, 5) is 11.7. The van der Waals surface area contributed by atoms with Crippen LogP contribution in [0.2, 0.25) is 0 Å². The van der Waals surface area contributed by atoms with E-state index in [-0.39, 0.29) is 16.9 Å². The van der Waals surface area contributed by atoms with E-state index in [1.807, 2.05) is 13.2 Å². The molecule has 3 rings (SSSR count). The zero-order chi connectivity index (χ0) is 12.3. The largest absolute Gasteiger partial charge is 0.464 e. The number of methoxy groups -OCH3 is 1. The maximum atomic E-state index is 11.7. The third-order valence-electron chi connectivity index (χ3n) is 4.21. The molecule has 1 aromatic rings. The molecule has 5 heteroatoms. The van der Waals surface area contributed by atoms with E-state index in [4.69, 9.17) is 10.5 Å². The highest BCUT2D eigenvalue weighted by atomic mass is 16.5. The first-order valence-electron chi connectivity index (χ1n) is 5.94. The van der Waals surface area contributed by atoms with Crippen molar-refractivity contribution in [2.75, 3.05) is 7.11 Å². The van der Waals surface area contributed by atoms with Crippen LogP contribution >= 0.6 is 0 Å². The minimum absolute atomic E-state index is 0.0230. The van der Waals surface area contributed by atoms with E-state index >= 15 is 0 Å². The monoisotopic (exact) mass is 235 g/mol. The van der Waals surface area contributed by atoms with Gasteiger partial charge in [-0.25, -0.2) is 4.79 Å². The Kier molecular flexibility index (Phi) is 1.96. The maximum absolute atomic E-state index is 11.7. The molecule has 0 atom stereocenters. The summed E-state index contributed by atoms with van der Waals surface area (Å²) in [6, 6.07) is 0. The highest BCUT2D eigenvalue weighted by molar-refractivity contribution is 5.89. The number of aromatic nitrogens is 2. The molecule has 0 unspecified atom stereocenters. The number of hydrogen-bond donors (Lipinski definition) is 1. The molecule has 0 saturated heterocycles. The molecule has 92 valence electrons. The summed E-state index contributed by atoms with van der Waals surface area (Å²) >= 11 is 0. The highest BCUT2D eigenvalue weighted by Gasteiger charge is 2.65. The van der Waals surface area contributed by atoms with Gasteiger partial charge in [0, 0.05) is 29.8 Å². The first kappa shape index (κ1) is 10.8. The molecule has 5 nitrogen and oxygen atoms in total. The summed E-state index contributed by atoms with van der Waals surface area (Å²) in [6.07, 6.45) is 6.12. The number of esters is 1. The van der Waals surface area contributed by atoms with Crippen molar-refractivity contribution in [1.82, 2.24) is 9.78 Å². The van der Waals surface area contributed by atoms with Crippen molar-refractivity contribution in [3.05, 3.63) is 17.5 Å². The number of rotatable bonds is 3. The summed E-state index contributed by atoms with van der Waals surface area (Å²) in [5.41, 5.74) is 7.63. The molecule has 0 amide bonds. The number of ether oxygens (including phenoxy) is 1. The zero-order valence-corrected chi connectivity index (χ0v) is 10.2. The first-order valence-corrected chi connectivity index (χ1v) is 5.94. The fraction of sp³-hybridized carbons (Fsp3) is 0.667. The second-order valence-electron chi connectivity index (χ2n) is 5.29. The lowest BCUT2D eigenvalue weighted by atomic mass is 9.86. The van der Waals surface area contributed by atoms with Gasteiger partial charge < -0.3 is 10.5 Å². The molecule has 2 saturated carbocycles. The van der Waals surface area contributed by atoms with Crippen molar-refractivity contribution in [2.24, 2.45) is 12.8 Å². The van der Waals surface area contributed by atoms with Crippen LogP contribution in [0.4, 0.5) is 0 Å². The Labute approximate surface area is 99.9 Å². The molecular formula is C12H17N3O2. The molecular weight excluding hydrogens is 218 g/mol. The maximum Gasteiger partial charge on any atom is 0.358 e. The summed E-state index contributed by atoms with van der Waals surface area (Å²) in [6.45, 7) is 0. The van der Waals surface area contributed by atoms with Gasteiger partial charge in [-0.05, 0) is 25.7 Å². The van der Waals surface area contributed by atoms with Gasteiger partial charge in [0.15, 0.2) is 5.69 Å². The molecule has 0 spiro atoms. The molecule has 1 heterocycles. The molecule has 17 heavy (non-hydrogen) atoms. The fourth-order valence-corrected chi connectivity index (χ4v) is 2.86. The average molecular weight is 235 g/mol. The Balaban J connectivity index is 2.06. The van der Waals surface area contributed by atoms with Gasteiger partial charge in [-0.2, -0.15) is 5.10 Å². The third-order valence-corrected chi connectivity index (χ3v) is 4.21. The molecule has 0 bridgehead atoms. The quantitative estimate of drug-likeness (QED) is 0.784. The summed E-state index contributed by atoms with van der Waals surface area (Å²) in [5, 5.41) is 4.22. The molecule has 2 N–H and O–H groups in total. The van der Waals surface area contributed by atoms with Gasteiger partial charge in [0.1, 0.15) is 0 Å². The zero-order valence-electron chi connectivity index (χ0n) is 10.2. The van der Waals surface area contributed by atoms with Crippen LogP contribution in [0.1, 0.15) is 41.7 Å². The number of hydrogen-bond acceptors (Lipinski definition) is 4. The summed E-state index contributed by atoms with van der Waals surface area (Å²) in [5.74, 6) is -0.365. The van der Waals surface area contributed by atoms with Crippen molar-refractivity contribution in [2.45, 2.75) is 36.6 Å². The van der Waals surface area contributed by atoms with Gasteiger partial charge in [-0.1, -0.05) is 0 Å². The van der Waals surface area contributed by atoms with Crippen molar-refractivity contribution in [3.63, 3.8) is 0 Å². The summed E-state index contributed by atoms with van der Waals surface area (Å²) < 4.78 is 6.46. The molecule has 2 aliphatic rings. The minimum Gasteiger partial charge on any atom is -0.464 e. The van der Waals surface area contributed by atoms with Gasteiger partial charge in [0.2, 0.25) is 0 Å². The lowest BCUT2D eigenvalue weighted by molar-refractivity contribution is 0.0590. The van der Waals surface area contributed by atoms with Gasteiger partial charge >= 0.3 is 5.97 Å². The topological polar surface area (TPSA) is 70.1 Å². The van der Waals surface area contributed by atoms with E-state index in [1.54, 1.807) is 4.68 Å². The van der Waals surface area contributed by atoms with E-state index in [0.717, 1.165) is 31.2 Å². The first-order chi connectivity index (χ1) is 8.02.